The predicted octanol–water partition coefficient (Wildman–Crippen LogP) is 1.90. The van der Waals surface area contributed by atoms with E-state index in [0.29, 0.717) is 4.99 Å². The van der Waals surface area contributed by atoms with Crippen molar-refractivity contribution in [1.82, 2.24) is 9.55 Å². The maximum Gasteiger partial charge on any atom is 0.108 e. The van der Waals surface area contributed by atoms with Gasteiger partial charge in [0.15, 0.2) is 0 Å². The van der Waals surface area contributed by atoms with Crippen LogP contribution in [0.5, 0.6) is 0 Å². The van der Waals surface area contributed by atoms with Gasteiger partial charge in [0.1, 0.15) is 5.82 Å². The molecule has 0 spiro atoms. The van der Waals surface area contributed by atoms with Crippen LogP contribution in [-0.2, 0) is 13.0 Å². The number of aromatic nitrogens is 2. The second-order valence-electron chi connectivity index (χ2n) is 3.31. The topological polar surface area (TPSA) is 43.8 Å². The minimum absolute atomic E-state index is 0.617. The fraction of sp³-hybridized carbons (Fsp3) is 0.600. The molecule has 14 heavy (non-hydrogen) atoms. The number of hydrogen-bond acceptors (Lipinski definition) is 2. The minimum Gasteiger partial charge on any atom is -0.393 e. The average molecular weight is 211 g/mol. The van der Waals surface area contributed by atoms with Crippen LogP contribution >= 0.6 is 12.2 Å². The van der Waals surface area contributed by atoms with Crippen LogP contribution in [0.2, 0.25) is 0 Å². The number of rotatable bonds is 6. The normalized spacial score (nSPS) is 10.4. The van der Waals surface area contributed by atoms with Crippen LogP contribution in [0, 0.1) is 0 Å². The zero-order valence-electron chi connectivity index (χ0n) is 8.57. The minimum atomic E-state index is 0.617. The zero-order valence-corrected chi connectivity index (χ0v) is 9.39. The maximum atomic E-state index is 5.42. The van der Waals surface area contributed by atoms with E-state index in [2.05, 4.69) is 16.5 Å². The van der Waals surface area contributed by atoms with E-state index in [-0.39, 0.29) is 0 Å². The number of unbranched alkanes of at least 4 members (excludes halogenated alkanes) is 1. The molecular formula is C10H17N3S. The van der Waals surface area contributed by atoms with Gasteiger partial charge in [0.05, 0.1) is 4.99 Å². The Morgan fingerprint density at radius 3 is 3.00 bits per heavy atom. The molecule has 3 nitrogen and oxygen atoms in total. The summed E-state index contributed by atoms with van der Waals surface area (Å²) in [7, 11) is 0. The molecular weight excluding hydrogens is 194 g/mol. The third-order valence-electron chi connectivity index (χ3n) is 2.19. The van der Waals surface area contributed by atoms with Crippen LogP contribution in [0.15, 0.2) is 12.4 Å². The Kier molecular flexibility index (Phi) is 4.59. The van der Waals surface area contributed by atoms with Gasteiger partial charge in [-0.25, -0.2) is 4.98 Å². The lowest BCUT2D eigenvalue weighted by atomic mass is 10.2. The Balaban J connectivity index is 2.27. The third kappa shape index (κ3) is 3.46. The van der Waals surface area contributed by atoms with Gasteiger partial charge in [-0.05, 0) is 19.3 Å². The third-order valence-corrected chi connectivity index (χ3v) is 2.39. The van der Waals surface area contributed by atoms with Crippen LogP contribution < -0.4 is 5.73 Å². The van der Waals surface area contributed by atoms with Gasteiger partial charge in [-0.15, -0.1) is 0 Å². The lowest BCUT2D eigenvalue weighted by molar-refractivity contribution is 0.596. The highest BCUT2D eigenvalue weighted by Crippen LogP contribution is 2.03. The van der Waals surface area contributed by atoms with E-state index in [1.54, 1.807) is 0 Å². The first-order chi connectivity index (χ1) is 6.74. The Hall–Kier alpha value is -0.900. The molecule has 0 aromatic carbocycles. The second kappa shape index (κ2) is 5.75. The highest BCUT2D eigenvalue weighted by Gasteiger charge is 1.99. The molecule has 0 bridgehead atoms. The number of nitrogens with two attached hydrogens (primary N) is 1. The molecule has 2 N–H and O–H groups in total. The Morgan fingerprint density at radius 2 is 2.36 bits per heavy atom. The molecule has 1 rings (SSSR count). The molecule has 4 heteroatoms. The van der Waals surface area contributed by atoms with Crippen LogP contribution in [0.1, 0.15) is 32.0 Å². The van der Waals surface area contributed by atoms with Gasteiger partial charge < -0.3 is 10.3 Å². The van der Waals surface area contributed by atoms with Gasteiger partial charge in [-0.1, -0.05) is 19.1 Å². The molecule has 1 heterocycles. The highest BCUT2D eigenvalue weighted by molar-refractivity contribution is 7.80. The number of aryl methyl sites for hydroxylation is 2. The monoisotopic (exact) mass is 211 g/mol. The molecule has 78 valence electrons. The first-order valence-corrected chi connectivity index (χ1v) is 5.43. The van der Waals surface area contributed by atoms with Crippen LogP contribution in [0.25, 0.3) is 0 Å². The second-order valence-corrected chi connectivity index (χ2v) is 3.84. The number of nitrogens with zero attached hydrogens (tertiary/aromatic N) is 2. The van der Waals surface area contributed by atoms with Gasteiger partial charge in [0.25, 0.3) is 0 Å². The quantitative estimate of drug-likeness (QED) is 0.577. The Morgan fingerprint density at radius 1 is 1.57 bits per heavy atom. The summed E-state index contributed by atoms with van der Waals surface area (Å²) in [6.45, 7) is 3.14. The molecule has 0 fully saturated rings. The van der Waals surface area contributed by atoms with Crippen LogP contribution in [0.4, 0.5) is 0 Å². The molecule has 0 unspecified atom stereocenters. The van der Waals surface area contributed by atoms with Crippen LogP contribution in [-0.4, -0.2) is 14.5 Å². The summed E-state index contributed by atoms with van der Waals surface area (Å²) in [6.07, 6.45) is 7.90. The molecule has 0 amide bonds. The molecule has 0 saturated heterocycles. The SMILES string of the molecule is CCc1nccn1CCCCC(N)=S. The lowest BCUT2D eigenvalue weighted by Gasteiger charge is -2.05. The molecule has 1 aromatic heterocycles. The first kappa shape index (κ1) is 11.2. The molecule has 1 aromatic rings. The Bertz CT molecular complexity index is 293. The van der Waals surface area contributed by atoms with E-state index in [1.165, 1.54) is 0 Å². The summed E-state index contributed by atoms with van der Waals surface area (Å²) in [6, 6.07) is 0. The van der Waals surface area contributed by atoms with E-state index in [0.717, 1.165) is 38.1 Å². The summed E-state index contributed by atoms with van der Waals surface area (Å²) < 4.78 is 2.19. The summed E-state index contributed by atoms with van der Waals surface area (Å²) in [5.74, 6) is 1.15. The fourth-order valence-electron chi connectivity index (χ4n) is 1.44. The van der Waals surface area contributed by atoms with Crippen molar-refractivity contribution in [3.8, 4) is 0 Å². The van der Waals surface area contributed by atoms with Crippen molar-refractivity contribution in [1.29, 1.82) is 0 Å². The first-order valence-electron chi connectivity index (χ1n) is 5.02. The lowest BCUT2D eigenvalue weighted by Crippen LogP contribution is -2.08. The van der Waals surface area contributed by atoms with E-state index in [9.17, 15) is 0 Å². The smallest absolute Gasteiger partial charge is 0.108 e. The average Bonchev–Trinajstić information content (AvgIpc) is 2.59. The molecule has 0 radical (unpaired) electrons. The molecule has 0 aliphatic heterocycles. The Labute approximate surface area is 90.3 Å². The van der Waals surface area contributed by atoms with E-state index in [1.807, 2.05) is 12.4 Å². The van der Waals surface area contributed by atoms with E-state index in [4.69, 9.17) is 18.0 Å². The van der Waals surface area contributed by atoms with E-state index < -0.39 is 0 Å². The van der Waals surface area contributed by atoms with Crippen molar-refractivity contribution in [2.45, 2.75) is 39.2 Å². The summed E-state index contributed by atoms with van der Waals surface area (Å²) >= 11 is 4.82. The number of thiocarbonyl (C=S) groups is 1. The van der Waals surface area contributed by atoms with Crippen molar-refractivity contribution in [2.24, 2.45) is 5.73 Å². The maximum absolute atomic E-state index is 5.42. The van der Waals surface area contributed by atoms with Gasteiger partial charge in [0, 0.05) is 25.4 Å². The highest BCUT2D eigenvalue weighted by atomic mass is 32.1. The van der Waals surface area contributed by atoms with Crippen LogP contribution in [0.3, 0.4) is 0 Å². The predicted molar refractivity (Wildman–Crippen MR) is 62.2 cm³/mol. The fourth-order valence-corrected chi connectivity index (χ4v) is 1.58. The van der Waals surface area contributed by atoms with Gasteiger partial charge in [-0.2, -0.15) is 0 Å². The largest absolute Gasteiger partial charge is 0.393 e. The molecule has 0 aliphatic rings. The zero-order chi connectivity index (χ0) is 10.4. The van der Waals surface area contributed by atoms with Crippen molar-refractivity contribution < 1.29 is 0 Å². The summed E-state index contributed by atoms with van der Waals surface area (Å²) in [4.78, 5) is 4.88. The molecule has 0 atom stereocenters. The standard InChI is InChI=1S/C10H17N3S/c1-2-10-12-6-8-13(10)7-4-3-5-9(11)14/h6,8H,2-5,7H2,1H3,(H2,11,14). The molecule has 0 aliphatic carbocycles. The molecule has 0 saturated carbocycles. The van der Waals surface area contributed by atoms with Gasteiger partial charge >= 0.3 is 0 Å². The van der Waals surface area contributed by atoms with Gasteiger partial charge in [-0.3, -0.25) is 0 Å². The number of hydrogen-bond donors (Lipinski definition) is 1. The van der Waals surface area contributed by atoms with E-state index >= 15 is 0 Å². The van der Waals surface area contributed by atoms with Crippen molar-refractivity contribution in [2.75, 3.05) is 0 Å². The van der Waals surface area contributed by atoms with Gasteiger partial charge in [0.2, 0.25) is 0 Å². The summed E-state index contributed by atoms with van der Waals surface area (Å²) in [5.41, 5.74) is 5.42. The van der Waals surface area contributed by atoms with Crippen molar-refractivity contribution >= 4 is 17.2 Å². The number of imidazole rings is 1. The summed E-state index contributed by atoms with van der Waals surface area (Å²) in [5, 5.41) is 0. The van der Waals surface area contributed by atoms with Crippen molar-refractivity contribution in [3.63, 3.8) is 0 Å². The van der Waals surface area contributed by atoms with Crippen molar-refractivity contribution in [3.05, 3.63) is 18.2 Å².